The molecule has 4 rings (SSSR count). The van der Waals surface area contributed by atoms with Gasteiger partial charge in [-0.25, -0.2) is 8.78 Å². The Balaban J connectivity index is 1.77. The molecule has 2 saturated carbocycles. The fraction of sp³-hybridized carbons (Fsp3) is 0.533. The van der Waals surface area contributed by atoms with Crippen LogP contribution in [0.5, 0.6) is 0 Å². The molecule has 4 atom stereocenters. The summed E-state index contributed by atoms with van der Waals surface area (Å²) in [5.74, 6) is -0.230. The number of amides is 1. The molecule has 4 unspecified atom stereocenters. The van der Waals surface area contributed by atoms with Crippen molar-refractivity contribution in [1.29, 1.82) is 0 Å². The number of halogens is 2. The molecule has 2 bridgehead atoms. The Bertz CT molecular complexity index is 572. The molecule has 1 N–H and O–H groups in total. The van der Waals surface area contributed by atoms with Gasteiger partial charge in [-0.3, -0.25) is 4.79 Å². The first-order valence-electron chi connectivity index (χ1n) is 6.93. The lowest BCUT2D eigenvalue weighted by molar-refractivity contribution is -0.118. The van der Waals surface area contributed by atoms with Gasteiger partial charge < -0.3 is 5.32 Å². The molecule has 2 aliphatic carbocycles. The molecule has 3 aliphatic rings. The Labute approximate surface area is 110 Å². The lowest BCUT2D eigenvalue weighted by atomic mass is 9.76. The summed E-state index contributed by atoms with van der Waals surface area (Å²) in [6.45, 7) is 0. The minimum atomic E-state index is -0.658. The number of hydrogen-bond acceptors (Lipinski definition) is 1. The van der Waals surface area contributed by atoms with Gasteiger partial charge >= 0.3 is 0 Å². The van der Waals surface area contributed by atoms with Gasteiger partial charge in [0.25, 0.3) is 0 Å². The van der Waals surface area contributed by atoms with E-state index in [4.69, 9.17) is 0 Å². The van der Waals surface area contributed by atoms with Crippen molar-refractivity contribution >= 4 is 11.6 Å². The van der Waals surface area contributed by atoms with E-state index in [-0.39, 0.29) is 23.4 Å². The molecular weight excluding hydrogens is 248 g/mol. The summed E-state index contributed by atoms with van der Waals surface area (Å²) in [6.07, 6.45) is 4.62. The summed E-state index contributed by atoms with van der Waals surface area (Å²) in [4.78, 5) is 12.2. The van der Waals surface area contributed by atoms with Gasteiger partial charge in [-0.15, -0.1) is 0 Å². The van der Waals surface area contributed by atoms with Gasteiger partial charge in [-0.2, -0.15) is 0 Å². The third-order valence-electron chi connectivity index (χ3n) is 5.17. The molecule has 1 amide bonds. The fourth-order valence-corrected chi connectivity index (χ4v) is 4.44. The van der Waals surface area contributed by atoms with Crippen LogP contribution in [0, 0.1) is 29.4 Å². The second kappa shape index (κ2) is 3.78. The minimum absolute atomic E-state index is 0.156. The molecule has 2 nitrogen and oxygen atoms in total. The van der Waals surface area contributed by atoms with Gasteiger partial charge in [0.15, 0.2) is 0 Å². The highest BCUT2D eigenvalue weighted by molar-refractivity contribution is 6.03. The zero-order chi connectivity index (χ0) is 13.1. The van der Waals surface area contributed by atoms with Crippen LogP contribution in [0.25, 0.3) is 0 Å². The van der Waals surface area contributed by atoms with Crippen molar-refractivity contribution < 1.29 is 13.6 Å². The zero-order valence-electron chi connectivity index (χ0n) is 10.5. The Hall–Kier alpha value is -1.45. The van der Waals surface area contributed by atoms with Crippen LogP contribution in [0.15, 0.2) is 12.1 Å². The highest BCUT2D eigenvalue weighted by Gasteiger charge is 2.48. The molecule has 100 valence electrons. The molecule has 0 radical (unpaired) electrons. The van der Waals surface area contributed by atoms with Gasteiger partial charge in [-0.05, 0) is 48.6 Å². The summed E-state index contributed by atoms with van der Waals surface area (Å²) in [7, 11) is 0. The summed E-state index contributed by atoms with van der Waals surface area (Å²) in [5, 5.41) is 2.60. The summed E-state index contributed by atoms with van der Waals surface area (Å²) in [5.41, 5.74) is 0.722. The first-order chi connectivity index (χ1) is 9.13. The van der Waals surface area contributed by atoms with Crippen LogP contribution in [-0.2, 0) is 4.79 Å². The van der Waals surface area contributed by atoms with Gasteiger partial charge in [0, 0.05) is 6.07 Å². The van der Waals surface area contributed by atoms with Crippen molar-refractivity contribution in [2.24, 2.45) is 17.8 Å². The van der Waals surface area contributed by atoms with Gasteiger partial charge in [-0.1, -0.05) is 6.42 Å². The third kappa shape index (κ3) is 1.55. The van der Waals surface area contributed by atoms with Crippen molar-refractivity contribution in [3.05, 3.63) is 29.3 Å². The van der Waals surface area contributed by atoms with Crippen molar-refractivity contribution in [1.82, 2.24) is 0 Å². The van der Waals surface area contributed by atoms with Crippen molar-refractivity contribution in [3.8, 4) is 0 Å². The normalized spacial score (nSPS) is 35.6. The molecule has 1 aliphatic heterocycles. The minimum Gasteiger partial charge on any atom is -0.323 e. The fourth-order valence-electron chi connectivity index (χ4n) is 4.44. The van der Waals surface area contributed by atoms with E-state index >= 15 is 0 Å². The molecular formula is C15H15F2NO. The molecule has 19 heavy (non-hydrogen) atoms. The summed E-state index contributed by atoms with van der Waals surface area (Å²) < 4.78 is 27.1. The molecule has 0 saturated heterocycles. The maximum Gasteiger partial charge on any atom is 0.232 e. The van der Waals surface area contributed by atoms with Crippen LogP contribution in [0.3, 0.4) is 0 Å². The standard InChI is InChI=1S/C15H15F2NO/c16-9-5-11-13(10-4-7-1-2-8(10)3-7)15(19)18-14(11)12(17)6-9/h5-8,10,13H,1-4H2,(H,18,19). The second-order valence-corrected chi connectivity index (χ2v) is 6.16. The van der Waals surface area contributed by atoms with Gasteiger partial charge in [0.05, 0.1) is 11.6 Å². The van der Waals surface area contributed by atoms with E-state index < -0.39 is 11.6 Å². The number of carbonyl (C=O) groups is 1. The average molecular weight is 263 g/mol. The predicted molar refractivity (Wildman–Crippen MR) is 66.7 cm³/mol. The van der Waals surface area contributed by atoms with E-state index in [0.29, 0.717) is 17.4 Å². The number of hydrogen-bond donors (Lipinski definition) is 1. The van der Waals surface area contributed by atoms with E-state index in [1.165, 1.54) is 18.9 Å². The Morgan fingerprint density at radius 3 is 2.68 bits per heavy atom. The van der Waals surface area contributed by atoms with Crippen LogP contribution in [0.2, 0.25) is 0 Å². The number of nitrogens with one attached hydrogen (secondary N) is 1. The first kappa shape index (κ1) is 11.4. The highest BCUT2D eigenvalue weighted by Crippen LogP contribution is 2.55. The largest absolute Gasteiger partial charge is 0.323 e. The lowest BCUT2D eigenvalue weighted by Gasteiger charge is -2.26. The van der Waals surface area contributed by atoms with E-state index in [1.54, 1.807) is 0 Å². The second-order valence-electron chi connectivity index (χ2n) is 6.16. The molecule has 4 heteroatoms. The highest BCUT2D eigenvalue weighted by atomic mass is 19.1. The SMILES string of the molecule is O=C1Nc2c(F)cc(F)cc2C1C1CC2CCC1C2. The van der Waals surface area contributed by atoms with Crippen molar-refractivity contribution in [2.45, 2.75) is 31.6 Å². The number of fused-ring (bicyclic) bond motifs is 3. The van der Waals surface area contributed by atoms with Gasteiger partial charge in [0.2, 0.25) is 5.91 Å². The van der Waals surface area contributed by atoms with Crippen LogP contribution in [0.4, 0.5) is 14.5 Å². The summed E-state index contributed by atoms with van der Waals surface area (Å²) in [6, 6.07) is 2.16. The Kier molecular flexibility index (Phi) is 2.26. The molecule has 2 fully saturated rings. The molecule has 1 aromatic rings. The zero-order valence-corrected chi connectivity index (χ0v) is 10.5. The third-order valence-corrected chi connectivity index (χ3v) is 5.17. The number of benzene rings is 1. The van der Waals surface area contributed by atoms with E-state index in [9.17, 15) is 13.6 Å². The maximum absolute atomic E-state index is 13.7. The first-order valence-corrected chi connectivity index (χ1v) is 6.93. The molecule has 0 aromatic heterocycles. The van der Waals surface area contributed by atoms with Crippen LogP contribution >= 0.6 is 0 Å². The monoisotopic (exact) mass is 263 g/mol. The van der Waals surface area contributed by atoms with Crippen molar-refractivity contribution in [2.75, 3.05) is 5.32 Å². The number of rotatable bonds is 1. The topological polar surface area (TPSA) is 29.1 Å². The molecule has 0 spiro atoms. The quantitative estimate of drug-likeness (QED) is 0.826. The van der Waals surface area contributed by atoms with E-state index in [1.807, 2.05) is 0 Å². The lowest BCUT2D eigenvalue weighted by Crippen LogP contribution is -2.25. The van der Waals surface area contributed by atoms with Crippen LogP contribution < -0.4 is 5.32 Å². The molecule has 1 aromatic carbocycles. The van der Waals surface area contributed by atoms with E-state index in [2.05, 4.69) is 5.32 Å². The number of carbonyl (C=O) groups excluding carboxylic acids is 1. The smallest absolute Gasteiger partial charge is 0.232 e. The van der Waals surface area contributed by atoms with Crippen LogP contribution in [-0.4, -0.2) is 5.91 Å². The predicted octanol–water partition coefficient (Wildman–Crippen LogP) is 3.44. The van der Waals surface area contributed by atoms with Crippen molar-refractivity contribution in [3.63, 3.8) is 0 Å². The van der Waals surface area contributed by atoms with Gasteiger partial charge in [0.1, 0.15) is 11.6 Å². The summed E-state index contributed by atoms with van der Waals surface area (Å²) >= 11 is 0. The Morgan fingerprint density at radius 2 is 2.00 bits per heavy atom. The van der Waals surface area contributed by atoms with Crippen LogP contribution in [0.1, 0.15) is 37.2 Å². The Morgan fingerprint density at radius 1 is 1.16 bits per heavy atom. The molecule has 1 heterocycles. The average Bonchev–Trinajstić information content (AvgIpc) is 3.02. The van der Waals surface area contributed by atoms with E-state index in [0.717, 1.165) is 18.9 Å². The number of anilines is 1. The maximum atomic E-state index is 13.7.